The van der Waals surface area contributed by atoms with E-state index in [0.717, 1.165) is 24.8 Å². The molecule has 0 radical (unpaired) electrons. The van der Waals surface area contributed by atoms with Crippen molar-refractivity contribution < 1.29 is 28.2 Å². The molecule has 10 atom stereocenters. The minimum Gasteiger partial charge on any atom is -0.472 e. The number of epoxide rings is 1. The number of cyclic esters (lactones) is 1. The fourth-order valence-electron chi connectivity index (χ4n) is 7.38. The third-order valence-corrected chi connectivity index (χ3v) is 8.54. The molecule has 2 bridgehead atoms. The number of fused-ring (bicyclic) bond motifs is 3. The molecule has 0 N–H and O–H groups in total. The Morgan fingerprint density at radius 2 is 2.08 bits per heavy atom. The van der Waals surface area contributed by atoms with Crippen molar-refractivity contribution in [2.45, 2.75) is 56.9 Å². The van der Waals surface area contributed by atoms with E-state index in [1.807, 2.05) is 6.07 Å². The van der Waals surface area contributed by atoms with E-state index >= 15 is 0 Å². The van der Waals surface area contributed by atoms with E-state index in [9.17, 15) is 4.79 Å². The highest BCUT2D eigenvalue weighted by atomic mass is 16.7. The first-order valence-corrected chi connectivity index (χ1v) is 9.78. The number of rotatable bonds is 1. The molecule has 6 aliphatic rings. The Kier molecular flexibility index (Phi) is 2.46. The summed E-state index contributed by atoms with van der Waals surface area (Å²) < 4.78 is 29.9. The Hall–Kier alpha value is -1.37. The molecule has 1 aromatic rings. The molecule has 6 heteroatoms. The molecular formula is C20H22O6. The molecule has 7 rings (SSSR count). The lowest BCUT2D eigenvalue weighted by atomic mass is 9.44. The molecule has 26 heavy (non-hydrogen) atoms. The minimum atomic E-state index is -0.230. The summed E-state index contributed by atoms with van der Waals surface area (Å²) >= 11 is 0. The lowest BCUT2D eigenvalue weighted by Gasteiger charge is -2.54. The number of esters is 1. The first kappa shape index (κ1) is 14.7. The van der Waals surface area contributed by atoms with Gasteiger partial charge >= 0.3 is 5.97 Å². The molecule has 4 saturated heterocycles. The van der Waals surface area contributed by atoms with Gasteiger partial charge in [0.1, 0.15) is 0 Å². The lowest BCUT2D eigenvalue weighted by molar-refractivity contribution is -0.152. The molecule has 5 heterocycles. The van der Waals surface area contributed by atoms with Gasteiger partial charge in [0, 0.05) is 22.3 Å². The van der Waals surface area contributed by atoms with Crippen molar-refractivity contribution in [1.82, 2.24) is 0 Å². The fraction of sp³-hybridized carbons (Fsp3) is 0.750. The Bertz CT molecular complexity index is 790. The number of hydrogen-bond acceptors (Lipinski definition) is 6. The van der Waals surface area contributed by atoms with Crippen LogP contribution in [0.3, 0.4) is 0 Å². The molecule has 1 aromatic heterocycles. The van der Waals surface area contributed by atoms with Gasteiger partial charge in [-0.2, -0.15) is 0 Å². The average Bonchev–Trinajstić information content (AvgIpc) is 2.93. The van der Waals surface area contributed by atoms with Crippen LogP contribution in [-0.2, 0) is 23.7 Å². The van der Waals surface area contributed by atoms with E-state index in [4.69, 9.17) is 23.4 Å². The van der Waals surface area contributed by atoms with Gasteiger partial charge in [-0.3, -0.25) is 4.79 Å². The predicted octanol–water partition coefficient (Wildman–Crippen LogP) is 2.44. The number of furan rings is 1. The third kappa shape index (κ3) is 1.44. The van der Waals surface area contributed by atoms with Crippen LogP contribution in [-0.4, -0.2) is 37.2 Å². The molecule has 0 unspecified atom stereocenters. The van der Waals surface area contributed by atoms with Crippen LogP contribution in [0.25, 0.3) is 0 Å². The normalized spacial score (nSPS) is 58.6. The number of carbonyl (C=O) groups is 1. The summed E-state index contributed by atoms with van der Waals surface area (Å²) in [5.41, 5.74) is 0.812. The maximum Gasteiger partial charge on any atom is 0.309 e. The van der Waals surface area contributed by atoms with Crippen molar-refractivity contribution in [3.63, 3.8) is 0 Å². The van der Waals surface area contributed by atoms with E-state index in [0.29, 0.717) is 12.5 Å². The van der Waals surface area contributed by atoms with E-state index in [1.165, 1.54) is 0 Å². The van der Waals surface area contributed by atoms with Crippen molar-refractivity contribution in [3.05, 3.63) is 24.2 Å². The Morgan fingerprint density at radius 1 is 1.15 bits per heavy atom. The van der Waals surface area contributed by atoms with Crippen LogP contribution < -0.4 is 0 Å². The van der Waals surface area contributed by atoms with E-state index in [2.05, 4.69) is 6.92 Å². The SMILES string of the molecule is C[C@@H]1[C@H]2C[C@@]34COC(=O)[C@@H]3C[C@H]3O[C@H]3[C@H]4[C@@]13C[C@H](c1ccoc1)O[C@H]3O2. The zero-order chi connectivity index (χ0) is 17.3. The van der Waals surface area contributed by atoms with Gasteiger partial charge in [-0.25, -0.2) is 0 Å². The van der Waals surface area contributed by atoms with Gasteiger partial charge in [0.2, 0.25) is 0 Å². The molecule has 2 spiro atoms. The summed E-state index contributed by atoms with van der Waals surface area (Å²) in [7, 11) is 0. The molecule has 2 saturated carbocycles. The molecule has 4 aliphatic heterocycles. The highest BCUT2D eigenvalue weighted by Gasteiger charge is 2.80. The molecule has 2 aliphatic carbocycles. The second-order valence-electron chi connectivity index (χ2n) is 9.24. The predicted molar refractivity (Wildman–Crippen MR) is 85.7 cm³/mol. The van der Waals surface area contributed by atoms with Crippen molar-refractivity contribution in [2.75, 3.05) is 6.61 Å². The molecule has 0 amide bonds. The fourth-order valence-corrected chi connectivity index (χ4v) is 7.38. The van der Waals surface area contributed by atoms with Crippen LogP contribution >= 0.6 is 0 Å². The van der Waals surface area contributed by atoms with Crippen molar-refractivity contribution in [3.8, 4) is 0 Å². The second kappa shape index (κ2) is 4.37. The Labute approximate surface area is 151 Å². The van der Waals surface area contributed by atoms with Gasteiger partial charge in [-0.05, 0) is 31.2 Å². The van der Waals surface area contributed by atoms with Gasteiger partial charge in [-0.15, -0.1) is 0 Å². The average molecular weight is 358 g/mol. The van der Waals surface area contributed by atoms with Crippen LogP contribution in [0.5, 0.6) is 0 Å². The van der Waals surface area contributed by atoms with Crippen molar-refractivity contribution >= 4 is 5.97 Å². The van der Waals surface area contributed by atoms with Crippen LogP contribution in [0.4, 0.5) is 0 Å². The highest BCUT2D eigenvalue weighted by molar-refractivity contribution is 5.76. The maximum atomic E-state index is 12.5. The molecule has 6 fully saturated rings. The van der Waals surface area contributed by atoms with Gasteiger partial charge in [0.25, 0.3) is 0 Å². The molecule has 6 nitrogen and oxygen atoms in total. The summed E-state index contributed by atoms with van der Waals surface area (Å²) in [5.74, 6) is 0.579. The highest BCUT2D eigenvalue weighted by Crippen LogP contribution is 2.75. The standard InChI is InChI=1S/C20H22O6/c1-9-13-5-19-8-23-17(21)11(19)4-12-15(24-12)16(19)20(9)6-14(26-18(20)25-13)10-2-3-22-7-10/h2-3,7,9,11-16,18H,4-6,8H2,1H3/t9-,11+,12-,13-,14-,15-,16-,18-,19-,20-/m1/s1. The summed E-state index contributed by atoms with van der Waals surface area (Å²) in [6.45, 7) is 2.82. The first-order chi connectivity index (χ1) is 12.6. The van der Waals surface area contributed by atoms with E-state index < -0.39 is 0 Å². The number of carbonyl (C=O) groups excluding carboxylic acids is 1. The Morgan fingerprint density at radius 3 is 2.92 bits per heavy atom. The van der Waals surface area contributed by atoms with Gasteiger partial charge in [0.15, 0.2) is 6.29 Å². The van der Waals surface area contributed by atoms with Crippen molar-refractivity contribution in [2.24, 2.45) is 28.6 Å². The minimum absolute atomic E-state index is 0.0205. The Balaban J connectivity index is 1.38. The lowest BCUT2D eigenvalue weighted by Crippen LogP contribution is -2.60. The van der Waals surface area contributed by atoms with Crippen LogP contribution in [0.1, 0.15) is 37.9 Å². The molecular weight excluding hydrogens is 336 g/mol. The zero-order valence-corrected chi connectivity index (χ0v) is 14.6. The van der Waals surface area contributed by atoms with Crippen LogP contribution in [0.15, 0.2) is 23.0 Å². The summed E-state index contributed by atoms with van der Waals surface area (Å²) in [4.78, 5) is 12.5. The first-order valence-electron chi connectivity index (χ1n) is 9.78. The largest absolute Gasteiger partial charge is 0.472 e. The maximum absolute atomic E-state index is 12.5. The quantitative estimate of drug-likeness (QED) is 0.567. The summed E-state index contributed by atoms with van der Waals surface area (Å²) in [5, 5.41) is 0. The van der Waals surface area contributed by atoms with Crippen LogP contribution in [0, 0.1) is 28.6 Å². The third-order valence-electron chi connectivity index (χ3n) is 8.54. The van der Waals surface area contributed by atoms with Gasteiger partial charge in [-0.1, -0.05) is 6.92 Å². The summed E-state index contributed by atoms with van der Waals surface area (Å²) in [6.07, 6.45) is 6.37. The second-order valence-corrected chi connectivity index (χ2v) is 9.24. The van der Waals surface area contributed by atoms with Gasteiger partial charge < -0.3 is 23.4 Å². The summed E-state index contributed by atoms with van der Waals surface area (Å²) in [6, 6.07) is 1.98. The van der Waals surface area contributed by atoms with Gasteiger partial charge in [0.05, 0.1) is 49.5 Å². The number of hydrogen-bond donors (Lipinski definition) is 0. The van der Waals surface area contributed by atoms with E-state index in [1.54, 1.807) is 12.5 Å². The van der Waals surface area contributed by atoms with E-state index in [-0.39, 0.29) is 59.3 Å². The molecule has 0 aromatic carbocycles. The topological polar surface area (TPSA) is 70.4 Å². The zero-order valence-electron chi connectivity index (χ0n) is 14.6. The van der Waals surface area contributed by atoms with Crippen molar-refractivity contribution in [1.29, 1.82) is 0 Å². The molecule has 138 valence electrons. The monoisotopic (exact) mass is 358 g/mol. The van der Waals surface area contributed by atoms with Crippen LogP contribution in [0.2, 0.25) is 0 Å². The smallest absolute Gasteiger partial charge is 0.309 e. The number of ether oxygens (including phenoxy) is 4.